The Morgan fingerprint density at radius 1 is 1.32 bits per heavy atom. The van der Waals surface area contributed by atoms with Gasteiger partial charge < -0.3 is 15.7 Å². The monoisotopic (exact) mass is 574 g/mol. The van der Waals surface area contributed by atoms with Gasteiger partial charge >= 0.3 is 5.97 Å². The molecule has 1 aromatic carbocycles. The zero-order valence-electron chi connectivity index (χ0n) is 20.9. The van der Waals surface area contributed by atoms with Gasteiger partial charge in [-0.05, 0) is 35.6 Å². The second-order valence-electron chi connectivity index (χ2n) is 8.75. The summed E-state index contributed by atoms with van der Waals surface area (Å²) >= 11 is 3.82. The lowest BCUT2D eigenvalue weighted by Crippen LogP contribution is -2.62. The maximum absolute atomic E-state index is 13.2. The second-order valence-corrected chi connectivity index (χ2v) is 11.9. The van der Waals surface area contributed by atoms with Crippen LogP contribution >= 0.6 is 34.9 Å². The summed E-state index contributed by atoms with van der Waals surface area (Å²) in [6.07, 6.45) is 0.221. The fourth-order valence-electron chi connectivity index (χ4n) is 4.47. The number of ketones is 1. The molecule has 0 aliphatic carbocycles. The number of thioether (sulfide) groups is 2. The molecule has 0 spiro atoms. The third-order valence-electron chi connectivity index (χ3n) is 6.37. The number of carboxylic acid groups (broad SMARTS) is 1. The summed E-state index contributed by atoms with van der Waals surface area (Å²) in [5.74, 6) is -1.76. The number of amides is 1. The van der Waals surface area contributed by atoms with Crippen molar-refractivity contribution in [2.45, 2.75) is 37.8 Å². The number of nitrogens with zero attached hydrogens (tertiary/aromatic N) is 3. The zero-order chi connectivity index (χ0) is 27.6. The minimum absolute atomic E-state index is 0.0246. The van der Waals surface area contributed by atoms with Crippen molar-refractivity contribution >= 4 is 68.5 Å². The number of aliphatic carboxylic acids is 1. The molecule has 0 unspecified atom stereocenters. The Morgan fingerprint density at radius 2 is 2.05 bits per heavy atom. The highest BCUT2D eigenvalue weighted by atomic mass is 32.2. The van der Waals surface area contributed by atoms with Crippen molar-refractivity contribution in [2.24, 2.45) is 11.1 Å². The number of Topliss-reactive ketones (excluding diaryl/α,β-unsaturated/α-hetero) is 1. The quantitative estimate of drug-likeness (QED) is 0.246. The molecule has 1 saturated heterocycles. The molecule has 10 nitrogen and oxygen atoms in total. The van der Waals surface area contributed by atoms with Gasteiger partial charge in [0.15, 0.2) is 21.7 Å². The molecule has 4 rings (SSSR count). The maximum atomic E-state index is 13.2. The number of oxime groups is 1. The van der Waals surface area contributed by atoms with E-state index in [1.807, 2.05) is 25.1 Å². The molecule has 0 radical (unpaired) electrons. The molecular weight excluding hydrogens is 548 g/mol. The minimum Gasteiger partial charge on any atom is -0.477 e. The van der Waals surface area contributed by atoms with Crippen molar-refractivity contribution < 1.29 is 29.1 Å². The summed E-state index contributed by atoms with van der Waals surface area (Å²) in [5, 5.41) is 15.3. The molecule has 2 aliphatic heterocycles. The van der Waals surface area contributed by atoms with E-state index >= 15 is 0 Å². The number of benzene rings is 1. The number of fused-ring (bicyclic) bond motifs is 1. The van der Waals surface area contributed by atoms with Gasteiger partial charge in [0.1, 0.15) is 18.5 Å². The molecule has 1 fully saturated rings. The fourth-order valence-corrected chi connectivity index (χ4v) is 7.11. The smallest absolute Gasteiger partial charge is 0.352 e. The van der Waals surface area contributed by atoms with Crippen molar-refractivity contribution in [3.05, 3.63) is 57.2 Å². The molecule has 3 N–H and O–H groups in total. The molecular formula is C25H26N4O6S3. The van der Waals surface area contributed by atoms with E-state index in [0.29, 0.717) is 23.5 Å². The van der Waals surface area contributed by atoms with Gasteiger partial charge in [-0.15, -0.1) is 23.1 Å². The fraction of sp³-hybridized carbons (Fsp3) is 0.360. The number of hydrogen-bond acceptors (Lipinski definition) is 11. The lowest BCUT2D eigenvalue weighted by molar-refractivity contribution is -0.153. The number of thiazole rings is 1. The molecule has 2 aliphatic rings. The standard InChI is InChI=1S/C25H26N4O6S3/c1-12-14(5-4-6-15(12)9-36-13(2)30)7-16-10-37-23-17(22(32)29(23)21(16)24(33)34)8-19(31)20(28-35-3)18-11-38-25(26)27-18/h4-6,11,17,23H,7-10H2,1-3H3,(H2,26,27)(H,33,34)/b28-20-/t17-,23-/m1/s1. The number of hydrogen-bond donors (Lipinski definition) is 2. The first-order valence-corrected chi connectivity index (χ1v) is 14.5. The summed E-state index contributed by atoms with van der Waals surface area (Å²) in [7, 11) is 1.31. The number of rotatable bonds is 10. The molecule has 2 aromatic rings. The largest absolute Gasteiger partial charge is 0.477 e. The molecule has 1 aromatic heterocycles. The average Bonchev–Trinajstić information content (AvgIpc) is 3.31. The predicted molar refractivity (Wildman–Crippen MR) is 148 cm³/mol. The third-order valence-corrected chi connectivity index (χ3v) is 9.30. The van der Waals surface area contributed by atoms with Crippen LogP contribution in [0.4, 0.5) is 5.13 Å². The van der Waals surface area contributed by atoms with Crippen LogP contribution in [0.2, 0.25) is 0 Å². The molecule has 0 bridgehead atoms. The SMILES string of the molecule is CO/N=C(\C(=O)C[C@@H]1C(=O)N2C(C(=O)O)=C(Cc3cccc(CSC(C)=O)c3C)CS[C@H]12)c1csc(N)n1. The molecule has 2 atom stereocenters. The summed E-state index contributed by atoms with van der Waals surface area (Å²) in [6, 6.07) is 5.78. The minimum atomic E-state index is -1.18. The van der Waals surface area contributed by atoms with Gasteiger partial charge in [0.2, 0.25) is 5.91 Å². The first kappa shape index (κ1) is 27.9. The van der Waals surface area contributed by atoms with E-state index < -0.39 is 29.0 Å². The number of carboxylic acids is 1. The molecule has 200 valence electrons. The highest BCUT2D eigenvalue weighted by Gasteiger charge is 2.54. The van der Waals surface area contributed by atoms with Crippen LogP contribution < -0.4 is 5.73 Å². The molecule has 38 heavy (non-hydrogen) atoms. The Morgan fingerprint density at radius 3 is 2.68 bits per heavy atom. The van der Waals surface area contributed by atoms with E-state index in [1.54, 1.807) is 5.38 Å². The van der Waals surface area contributed by atoms with Crippen molar-refractivity contribution in [1.82, 2.24) is 9.88 Å². The van der Waals surface area contributed by atoms with Gasteiger partial charge in [0.05, 0.1) is 11.3 Å². The Labute approximate surface area is 231 Å². The summed E-state index contributed by atoms with van der Waals surface area (Å²) < 4.78 is 0. The van der Waals surface area contributed by atoms with Gasteiger partial charge in [0, 0.05) is 30.2 Å². The summed E-state index contributed by atoms with van der Waals surface area (Å²) in [4.78, 5) is 60.1. The highest BCUT2D eigenvalue weighted by molar-refractivity contribution is 8.12. The lowest BCUT2D eigenvalue weighted by atomic mass is 9.88. The highest BCUT2D eigenvalue weighted by Crippen LogP contribution is 2.46. The number of anilines is 1. The lowest BCUT2D eigenvalue weighted by Gasteiger charge is -2.49. The van der Waals surface area contributed by atoms with Gasteiger partial charge in [0.25, 0.3) is 0 Å². The van der Waals surface area contributed by atoms with E-state index in [9.17, 15) is 24.3 Å². The normalized spacial score (nSPS) is 19.2. The topological polar surface area (TPSA) is 152 Å². The van der Waals surface area contributed by atoms with Crippen LogP contribution in [0.3, 0.4) is 0 Å². The molecule has 13 heteroatoms. The average molecular weight is 575 g/mol. The Bertz CT molecular complexity index is 1370. The summed E-state index contributed by atoms with van der Waals surface area (Å²) in [6.45, 7) is 3.48. The van der Waals surface area contributed by atoms with Gasteiger partial charge in [-0.25, -0.2) is 9.78 Å². The van der Waals surface area contributed by atoms with Gasteiger partial charge in [-0.1, -0.05) is 35.1 Å². The van der Waals surface area contributed by atoms with Gasteiger partial charge in [-0.2, -0.15) is 0 Å². The van der Waals surface area contributed by atoms with E-state index in [0.717, 1.165) is 28.0 Å². The van der Waals surface area contributed by atoms with E-state index in [-0.39, 0.29) is 33.8 Å². The predicted octanol–water partition coefficient (Wildman–Crippen LogP) is 3.24. The van der Waals surface area contributed by atoms with Crippen molar-refractivity contribution in [3.63, 3.8) is 0 Å². The Balaban J connectivity index is 1.53. The number of carbonyl (C=O) groups excluding carboxylic acids is 3. The van der Waals surface area contributed by atoms with Crippen LogP contribution in [-0.4, -0.2) is 61.7 Å². The number of nitrogens with two attached hydrogens (primary N) is 1. The van der Waals surface area contributed by atoms with Crippen molar-refractivity contribution in [2.75, 3.05) is 18.6 Å². The number of nitrogen functional groups attached to an aromatic ring is 1. The zero-order valence-corrected chi connectivity index (χ0v) is 23.4. The van der Waals surface area contributed by atoms with Crippen LogP contribution in [0.5, 0.6) is 0 Å². The Kier molecular flexibility index (Phi) is 8.58. The number of β-lactam (4-membered cyclic amide) rings is 1. The van der Waals surface area contributed by atoms with E-state index in [1.165, 1.54) is 42.5 Å². The maximum Gasteiger partial charge on any atom is 0.352 e. The summed E-state index contributed by atoms with van der Waals surface area (Å²) in [5.41, 5.74) is 9.48. The Hall–Kier alpha value is -3.16. The first-order valence-electron chi connectivity index (χ1n) is 11.6. The van der Waals surface area contributed by atoms with Crippen LogP contribution in [0.25, 0.3) is 0 Å². The molecule has 0 saturated carbocycles. The second kappa shape index (κ2) is 11.7. The van der Waals surface area contributed by atoms with Crippen molar-refractivity contribution in [1.29, 1.82) is 0 Å². The molecule has 1 amide bonds. The van der Waals surface area contributed by atoms with Crippen LogP contribution in [0.15, 0.2) is 40.0 Å². The number of aromatic nitrogens is 1. The van der Waals surface area contributed by atoms with E-state index in [2.05, 4.69) is 10.1 Å². The van der Waals surface area contributed by atoms with E-state index in [4.69, 9.17) is 10.6 Å². The molecule has 3 heterocycles. The van der Waals surface area contributed by atoms with Crippen LogP contribution in [-0.2, 0) is 36.2 Å². The van der Waals surface area contributed by atoms with Crippen LogP contribution in [0.1, 0.15) is 35.7 Å². The van der Waals surface area contributed by atoms with Gasteiger partial charge in [-0.3, -0.25) is 19.3 Å². The van der Waals surface area contributed by atoms with Crippen molar-refractivity contribution in [3.8, 4) is 0 Å². The third kappa shape index (κ3) is 5.64. The first-order chi connectivity index (χ1) is 18.1. The number of carbonyl (C=O) groups is 4. The van der Waals surface area contributed by atoms with Crippen LogP contribution in [0, 0.1) is 12.8 Å².